The Labute approximate surface area is 133 Å². The highest BCUT2D eigenvalue weighted by Crippen LogP contribution is 2.45. The van der Waals surface area contributed by atoms with E-state index in [2.05, 4.69) is 5.32 Å². The molecule has 126 valence electrons. The standard InChI is InChI=1S/C17H21F3N2O/c1-10(2)6-11-7-12-14(13(8-11)17(18,19)20)15(23)22-5-4-21-9-16(12,22)3/h7-8,10,21H,4-6,9H2,1-3H3/t16-/m0/s1. The van der Waals surface area contributed by atoms with Crippen molar-refractivity contribution in [3.8, 4) is 0 Å². The highest BCUT2D eigenvalue weighted by atomic mass is 19.4. The van der Waals surface area contributed by atoms with Gasteiger partial charge in [-0.3, -0.25) is 4.79 Å². The van der Waals surface area contributed by atoms with Gasteiger partial charge in [0.05, 0.1) is 16.7 Å². The number of carbonyl (C=O) groups is 1. The first-order valence-corrected chi connectivity index (χ1v) is 7.92. The molecule has 3 nitrogen and oxygen atoms in total. The van der Waals surface area contributed by atoms with Crippen molar-refractivity contribution in [3.05, 3.63) is 34.4 Å². The number of piperazine rings is 1. The van der Waals surface area contributed by atoms with Gasteiger partial charge in [-0.2, -0.15) is 13.2 Å². The molecule has 6 heteroatoms. The van der Waals surface area contributed by atoms with E-state index in [0.717, 1.165) is 6.07 Å². The molecule has 0 bridgehead atoms. The molecule has 0 spiro atoms. The van der Waals surface area contributed by atoms with Gasteiger partial charge < -0.3 is 10.2 Å². The summed E-state index contributed by atoms with van der Waals surface area (Å²) in [5.41, 5.74) is -0.479. The van der Waals surface area contributed by atoms with E-state index in [9.17, 15) is 18.0 Å². The molecule has 1 aromatic rings. The Bertz CT molecular complexity index is 654. The van der Waals surface area contributed by atoms with E-state index in [4.69, 9.17) is 0 Å². The lowest BCUT2D eigenvalue weighted by atomic mass is 9.85. The normalized spacial score (nSPS) is 24.1. The summed E-state index contributed by atoms with van der Waals surface area (Å²) in [7, 11) is 0. The van der Waals surface area contributed by atoms with Crippen LogP contribution in [0.5, 0.6) is 0 Å². The van der Waals surface area contributed by atoms with Gasteiger partial charge in [0, 0.05) is 19.6 Å². The van der Waals surface area contributed by atoms with Gasteiger partial charge >= 0.3 is 6.18 Å². The van der Waals surface area contributed by atoms with Crippen LogP contribution in [0.1, 0.15) is 47.8 Å². The van der Waals surface area contributed by atoms with Crippen molar-refractivity contribution in [2.75, 3.05) is 19.6 Å². The van der Waals surface area contributed by atoms with Crippen molar-refractivity contribution in [1.29, 1.82) is 0 Å². The minimum Gasteiger partial charge on any atom is -0.327 e. The molecule has 1 saturated heterocycles. The monoisotopic (exact) mass is 326 g/mol. The fraction of sp³-hybridized carbons (Fsp3) is 0.588. The van der Waals surface area contributed by atoms with Crippen LogP contribution >= 0.6 is 0 Å². The van der Waals surface area contributed by atoms with E-state index < -0.39 is 23.2 Å². The number of halogens is 3. The largest absolute Gasteiger partial charge is 0.417 e. The molecule has 2 heterocycles. The van der Waals surface area contributed by atoms with Crippen LogP contribution in [0.15, 0.2) is 12.1 Å². The zero-order valence-corrected chi connectivity index (χ0v) is 13.5. The maximum absolute atomic E-state index is 13.6. The van der Waals surface area contributed by atoms with Gasteiger partial charge in [0.25, 0.3) is 5.91 Å². The molecule has 0 aromatic heterocycles. The second-order valence-corrected chi connectivity index (χ2v) is 7.07. The molecule has 1 atom stereocenters. The number of nitrogens with one attached hydrogen (secondary N) is 1. The number of alkyl halides is 3. The Morgan fingerprint density at radius 3 is 2.65 bits per heavy atom. The third-order valence-corrected chi connectivity index (χ3v) is 4.76. The highest BCUT2D eigenvalue weighted by Gasteiger charge is 2.51. The van der Waals surface area contributed by atoms with Gasteiger partial charge in [0.2, 0.25) is 0 Å². The van der Waals surface area contributed by atoms with Crippen LogP contribution in [-0.2, 0) is 18.1 Å². The second-order valence-electron chi connectivity index (χ2n) is 7.07. The first kappa shape index (κ1) is 16.3. The first-order chi connectivity index (χ1) is 10.6. The van der Waals surface area contributed by atoms with Crippen LogP contribution in [0.3, 0.4) is 0 Å². The molecule has 0 unspecified atom stereocenters. The Morgan fingerprint density at radius 1 is 1.35 bits per heavy atom. The molecule has 3 rings (SSSR count). The number of hydrogen-bond acceptors (Lipinski definition) is 2. The highest BCUT2D eigenvalue weighted by molar-refractivity contribution is 6.02. The second kappa shape index (κ2) is 5.23. The summed E-state index contributed by atoms with van der Waals surface area (Å²) in [6.07, 6.45) is -3.96. The quantitative estimate of drug-likeness (QED) is 0.905. The van der Waals surface area contributed by atoms with Crippen LogP contribution in [0, 0.1) is 5.92 Å². The maximum Gasteiger partial charge on any atom is 0.417 e. The molecule has 0 radical (unpaired) electrons. The third-order valence-electron chi connectivity index (χ3n) is 4.76. The molecule has 0 aliphatic carbocycles. The van der Waals surface area contributed by atoms with E-state index in [1.165, 1.54) is 0 Å². The summed E-state index contributed by atoms with van der Waals surface area (Å²) < 4.78 is 40.7. The van der Waals surface area contributed by atoms with Crippen molar-refractivity contribution in [3.63, 3.8) is 0 Å². The van der Waals surface area contributed by atoms with Crippen molar-refractivity contribution in [2.45, 2.75) is 38.9 Å². The SMILES string of the molecule is CC(C)Cc1cc(C(F)(F)F)c2c(c1)[C@]1(C)CNCCN1C2=O. The van der Waals surface area contributed by atoms with Crippen LogP contribution in [0.2, 0.25) is 0 Å². The Hall–Kier alpha value is -1.56. The van der Waals surface area contributed by atoms with Crippen molar-refractivity contribution in [2.24, 2.45) is 5.92 Å². The molecule has 2 aliphatic heterocycles. The molecule has 1 fully saturated rings. The Kier molecular flexibility index (Phi) is 3.71. The van der Waals surface area contributed by atoms with E-state index in [-0.39, 0.29) is 11.5 Å². The maximum atomic E-state index is 13.6. The smallest absolute Gasteiger partial charge is 0.327 e. The van der Waals surface area contributed by atoms with Crippen molar-refractivity contribution >= 4 is 5.91 Å². The van der Waals surface area contributed by atoms with E-state index in [1.807, 2.05) is 20.8 Å². The first-order valence-electron chi connectivity index (χ1n) is 7.92. The van der Waals surface area contributed by atoms with Crippen LogP contribution < -0.4 is 5.32 Å². The molecular weight excluding hydrogens is 305 g/mol. The van der Waals surface area contributed by atoms with Crippen LogP contribution in [0.4, 0.5) is 13.2 Å². The number of rotatable bonds is 2. The number of fused-ring (bicyclic) bond motifs is 3. The molecule has 0 saturated carbocycles. The fourth-order valence-electron chi connectivity index (χ4n) is 3.74. The van der Waals surface area contributed by atoms with Gasteiger partial charge in [0.15, 0.2) is 0 Å². The van der Waals surface area contributed by atoms with Crippen molar-refractivity contribution < 1.29 is 18.0 Å². The van der Waals surface area contributed by atoms with Crippen molar-refractivity contribution in [1.82, 2.24) is 10.2 Å². The minimum atomic E-state index is -4.52. The lowest BCUT2D eigenvalue weighted by Crippen LogP contribution is -2.55. The predicted molar refractivity (Wildman–Crippen MR) is 81.2 cm³/mol. The Morgan fingerprint density at radius 2 is 2.04 bits per heavy atom. The molecule has 2 aliphatic rings. The molecule has 1 aromatic carbocycles. The lowest BCUT2D eigenvalue weighted by Gasteiger charge is -2.40. The molecule has 23 heavy (non-hydrogen) atoms. The number of benzene rings is 1. The van der Waals surface area contributed by atoms with Gasteiger partial charge in [0.1, 0.15) is 0 Å². The number of hydrogen-bond donors (Lipinski definition) is 1. The molecule has 1 amide bonds. The summed E-state index contributed by atoms with van der Waals surface area (Å²) in [5.74, 6) is -0.243. The summed E-state index contributed by atoms with van der Waals surface area (Å²) >= 11 is 0. The van der Waals surface area contributed by atoms with Gasteiger partial charge in [-0.25, -0.2) is 0 Å². The fourth-order valence-corrected chi connectivity index (χ4v) is 3.74. The summed E-state index contributed by atoms with van der Waals surface area (Å²) in [6, 6.07) is 2.96. The van der Waals surface area contributed by atoms with E-state index in [1.54, 1.807) is 11.0 Å². The summed E-state index contributed by atoms with van der Waals surface area (Å²) in [4.78, 5) is 14.2. The number of carbonyl (C=O) groups excluding carboxylic acids is 1. The van der Waals surface area contributed by atoms with Gasteiger partial charge in [-0.05, 0) is 36.5 Å². The molecule has 1 N–H and O–H groups in total. The number of nitrogens with zero attached hydrogens (tertiary/aromatic N) is 1. The van der Waals surface area contributed by atoms with Crippen LogP contribution in [-0.4, -0.2) is 30.4 Å². The van der Waals surface area contributed by atoms with E-state index >= 15 is 0 Å². The average Bonchev–Trinajstić information content (AvgIpc) is 2.66. The minimum absolute atomic E-state index is 0.156. The summed E-state index contributed by atoms with van der Waals surface area (Å²) in [5, 5.41) is 3.20. The third kappa shape index (κ3) is 2.53. The van der Waals surface area contributed by atoms with Crippen LogP contribution in [0.25, 0.3) is 0 Å². The van der Waals surface area contributed by atoms with E-state index in [0.29, 0.717) is 37.2 Å². The zero-order chi connectivity index (χ0) is 17.0. The van der Waals surface area contributed by atoms with Gasteiger partial charge in [-0.15, -0.1) is 0 Å². The summed E-state index contributed by atoms with van der Waals surface area (Å²) in [6.45, 7) is 7.32. The number of amides is 1. The van der Waals surface area contributed by atoms with Gasteiger partial charge in [-0.1, -0.05) is 19.9 Å². The lowest BCUT2D eigenvalue weighted by molar-refractivity contribution is -0.138. The predicted octanol–water partition coefficient (Wildman–Crippen LogP) is 3.18. The average molecular weight is 326 g/mol. The topological polar surface area (TPSA) is 32.3 Å². The molecular formula is C17H21F3N2O. The Balaban J connectivity index is 2.23. The zero-order valence-electron chi connectivity index (χ0n) is 13.5.